The van der Waals surface area contributed by atoms with Gasteiger partial charge in [0.1, 0.15) is 5.75 Å². The van der Waals surface area contributed by atoms with Crippen LogP contribution in [0.25, 0.3) is 10.9 Å². The number of hydrogen-bond donors (Lipinski definition) is 1. The van der Waals surface area contributed by atoms with Gasteiger partial charge in [0, 0.05) is 22.7 Å². The Morgan fingerprint density at radius 1 is 1.24 bits per heavy atom. The van der Waals surface area contributed by atoms with Crippen LogP contribution in [0.2, 0.25) is 5.02 Å². The van der Waals surface area contributed by atoms with E-state index in [4.69, 9.17) is 16.3 Å². The van der Waals surface area contributed by atoms with E-state index in [1.807, 2.05) is 43.3 Å². The highest BCUT2D eigenvalue weighted by atomic mass is 35.5. The summed E-state index contributed by atoms with van der Waals surface area (Å²) in [6.45, 7) is 1.91. The molecule has 2 aromatic carbocycles. The SMILES string of the molecule is Cc1ccc(Cl)c(OCC(=O)c2c[nH]c3ccccc23)c1. The van der Waals surface area contributed by atoms with Gasteiger partial charge in [0.05, 0.1) is 5.02 Å². The Bertz CT molecular complexity index is 807. The summed E-state index contributed by atoms with van der Waals surface area (Å²) in [5, 5.41) is 1.41. The number of H-pyrrole nitrogens is 1. The Balaban J connectivity index is 1.79. The number of aromatic nitrogens is 1. The van der Waals surface area contributed by atoms with E-state index >= 15 is 0 Å². The average Bonchev–Trinajstić information content (AvgIpc) is 2.92. The molecule has 0 amide bonds. The number of carbonyl (C=O) groups excluding carboxylic acids is 1. The molecule has 1 N–H and O–H groups in total. The number of aromatic amines is 1. The minimum absolute atomic E-state index is 0.0367. The van der Waals surface area contributed by atoms with Crippen LogP contribution in [0.1, 0.15) is 15.9 Å². The maximum atomic E-state index is 12.3. The van der Waals surface area contributed by atoms with Crippen LogP contribution < -0.4 is 4.74 Å². The lowest BCUT2D eigenvalue weighted by Crippen LogP contribution is -2.11. The van der Waals surface area contributed by atoms with Crippen molar-refractivity contribution in [1.29, 1.82) is 0 Å². The molecule has 1 heterocycles. The zero-order chi connectivity index (χ0) is 14.8. The molecule has 0 radical (unpaired) electrons. The van der Waals surface area contributed by atoms with E-state index in [0.29, 0.717) is 16.3 Å². The smallest absolute Gasteiger partial charge is 0.202 e. The lowest BCUT2D eigenvalue weighted by atomic mass is 10.1. The molecule has 3 aromatic rings. The summed E-state index contributed by atoms with van der Waals surface area (Å²) < 4.78 is 5.56. The van der Waals surface area contributed by atoms with Gasteiger partial charge in [0.15, 0.2) is 6.61 Å². The molecule has 0 aliphatic carbocycles. The maximum Gasteiger partial charge on any atom is 0.202 e. The lowest BCUT2D eigenvalue weighted by Gasteiger charge is -2.08. The monoisotopic (exact) mass is 299 g/mol. The second-order valence-electron chi connectivity index (χ2n) is 4.89. The summed E-state index contributed by atoms with van der Waals surface area (Å²) in [5.41, 5.74) is 2.61. The maximum absolute atomic E-state index is 12.3. The van der Waals surface area contributed by atoms with Gasteiger partial charge in [-0.15, -0.1) is 0 Å². The highest BCUT2D eigenvalue weighted by molar-refractivity contribution is 6.32. The molecule has 0 saturated carbocycles. The van der Waals surface area contributed by atoms with E-state index in [0.717, 1.165) is 16.5 Å². The number of para-hydroxylation sites is 1. The van der Waals surface area contributed by atoms with Crippen molar-refractivity contribution < 1.29 is 9.53 Å². The topological polar surface area (TPSA) is 42.1 Å². The minimum atomic E-state index is -0.0787. The van der Waals surface area contributed by atoms with Crippen LogP contribution >= 0.6 is 11.6 Å². The average molecular weight is 300 g/mol. The first-order valence-electron chi connectivity index (χ1n) is 6.63. The quantitative estimate of drug-likeness (QED) is 0.726. The van der Waals surface area contributed by atoms with Gasteiger partial charge in [0.2, 0.25) is 5.78 Å². The summed E-state index contributed by atoms with van der Waals surface area (Å²) in [5.74, 6) is 0.454. The number of aryl methyl sites for hydroxylation is 1. The molecule has 3 rings (SSSR count). The number of fused-ring (bicyclic) bond motifs is 1. The minimum Gasteiger partial charge on any atom is -0.484 e. The molecule has 21 heavy (non-hydrogen) atoms. The van der Waals surface area contributed by atoms with Crippen molar-refractivity contribution >= 4 is 28.3 Å². The van der Waals surface area contributed by atoms with Gasteiger partial charge >= 0.3 is 0 Å². The third kappa shape index (κ3) is 2.78. The molecule has 0 saturated heterocycles. The molecule has 0 aliphatic heterocycles. The van der Waals surface area contributed by atoms with Crippen molar-refractivity contribution in [2.45, 2.75) is 6.92 Å². The van der Waals surface area contributed by atoms with Crippen molar-refractivity contribution in [3.05, 3.63) is 64.8 Å². The van der Waals surface area contributed by atoms with E-state index in [-0.39, 0.29) is 12.4 Å². The predicted molar refractivity (Wildman–Crippen MR) is 84.3 cm³/mol. The van der Waals surface area contributed by atoms with Crippen molar-refractivity contribution in [3.8, 4) is 5.75 Å². The Morgan fingerprint density at radius 2 is 2.05 bits per heavy atom. The molecule has 0 unspecified atom stereocenters. The number of nitrogens with one attached hydrogen (secondary N) is 1. The van der Waals surface area contributed by atoms with E-state index < -0.39 is 0 Å². The van der Waals surface area contributed by atoms with Crippen molar-refractivity contribution in [1.82, 2.24) is 4.98 Å². The summed E-state index contributed by atoms with van der Waals surface area (Å²) in [6.07, 6.45) is 1.72. The van der Waals surface area contributed by atoms with Gasteiger partial charge in [-0.25, -0.2) is 0 Å². The van der Waals surface area contributed by atoms with Crippen molar-refractivity contribution in [2.24, 2.45) is 0 Å². The van der Waals surface area contributed by atoms with Crippen molar-refractivity contribution in [2.75, 3.05) is 6.61 Å². The summed E-state index contributed by atoms with van der Waals surface area (Å²) in [6, 6.07) is 13.2. The number of rotatable bonds is 4. The molecule has 106 valence electrons. The van der Waals surface area contributed by atoms with Gasteiger partial charge in [-0.05, 0) is 30.7 Å². The Kier molecular flexibility index (Phi) is 3.67. The van der Waals surface area contributed by atoms with Crippen LogP contribution in [-0.4, -0.2) is 17.4 Å². The second kappa shape index (κ2) is 5.62. The number of Topliss-reactive ketones (excluding diaryl/α,β-unsaturated/α-hetero) is 1. The number of halogens is 1. The third-order valence-corrected chi connectivity index (χ3v) is 3.65. The number of hydrogen-bond acceptors (Lipinski definition) is 2. The normalized spacial score (nSPS) is 10.8. The molecule has 1 aromatic heterocycles. The summed E-state index contributed by atoms with van der Waals surface area (Å²) in [4.78, 5) is 15.4. The lowest BCUT2D eigenvalue weighted by molar-refractivity contribution is 0.0923. The number of ketones is 1. The molecule has 3 nitrogen and oxygen atoms in total. The number of carbonyl (C=O) groups is 1. The summed E-state index contributed by atoms with van der Waals surface area (Å²) in [7, 11) is 0. The first-order chi connectivity index (χ1) is 10.1. The highest BCUT2D eigenvalue weighted by Gasteiger charge is 2.13. The fourth-order valence-electron chi connectivity index (χ4n) is 2.24. The van der Waals surface area contributed by atoms with Crippen LogP contribution in [0.15, 0.2) is 48.7 Å². The standard InChI is InChI=1S/C17H14ClNO2/c1-11-6-7-14(18)17(8-11)21-10-16(20)13-9-19-15-5-3-2-4-12(13)15/h2-9,19H,10H2,1H3. The fraction of sp³-hybridized carbons (Fsp3) is 0.118. The number of benzene rings is 2. The van der Waals surface area contributed by atoms with E-state index in [1.165, 1.54) is 0 Å². The van der Waals surface area contributed by atoms with Crippen LogP contribution in [0.5, 0.6) is 5.75 Å². The molecule has 0 aliphatic rings. The van der Waals surface area contributed by atoms with Gasteiger partial charge in [-0.1, -0.05) is 35.9 Å². The van der Waals surface area contributed by atoms with Gasteiger partial charge in [-0.3, -0.25) is 4.79 Å². The van der Waals surface area contributed by atoms with E-state index in [1.54, 1.807) is 12.3 Å². The first-order valence-corrected chi connectivity index (χ1v) is 7.01. The third-order valence-electron chi connectivity index (χ3n) is 3.34. The molecule has 0 bridgehead atoms. The second-order valence-corrected chi connectivity index (χ2v) is 5.30. The highest BCUT2D eigenvalue weighted by Crippen LogP contribution is 2.26. The first kappa shape index (κ1) is 13.7. The van der Waals surface area contributed by atoms with E-state index in [2.05, 4.69) is 4.98 Å². The molecule has 0 spiro atoms. The van der Waals surface area contributed by atoms with Crippen LogP contribution in [-0.2, 0) is 0 Å². The van der Waals surface area contributed by atoms with Crippen LogP contribution in [0.3, 0.4) is 0 Å². The Morgan fingerprint density at radius 3 is 2.90 bits per heavy atom. The molecule has 0 atom stereocenters. The van der Waals surface area contributed by atoms with Gasteiger partial charge in [0.25, 0.3) is 0 Å². The summed E-state index contributed by atoms with van der Waals surface area (Å²) >= 11 is 6.06. The van der Waals surface area contributed by atoms with Crippen LogP contribution in [0.4, 0.5) is 0 Å². The molecule has 4 heteroatoms. The molecular formula is C17H14ClNO2. The zero-order valence-corrected chi connectivity index (χ0v) is 12.3. The number of ether oxygens (including phenoxy) is 1. The van der Waals surface area contributed by atoms with E-state index in [9.17, 15) is 4.79 Å². The molecule has 0 fully saturated rings. The van der Waals surface area contributed by atoms with Crippen LogP contribution in [0, 0.1) is 6.92 Å². The van der Waals surface area contributed by atoms with Gasteiger partial charge in [-0.2, -0.15) is 0 Å². The zero-order valence-electron chi connectivity index (χ0n) is 11.5. The Hall–Kier alpha value is -2.26. The fourth-order valence-corrected chi connectivity index (χ4v) is 2.42. The molecular weight excluding hydrogens is 286 g/mol. The Labute approximate surface area is 127 Å². The van der Waals surface area contributed by atoms with Crippen molar-refractivity contribution in [3.63, 3.8) is 0 Å². The van der Waals surface area contributed by atoms with Gasteiger partial charge < -0.3 is 9.72 Å². The predicted octanol–water partition coefficient (Wildman–Crippen LogP) is 4.39. The largest absolute Gasteiger partial charge is 0.484 e.